The molecule has 0 aliphatic carbocycles. The van der Waals surface area contributed by atoms with E-state index in [1.54, 1.807) is 20.8 Å². The van der Waals surface area contributed by atoms with E-state index in [1.165, 1.54) is 0 Å². The quantitative estimate of drug-likeness (QED) is 0.786. The van der Waals surface area contributed by atoms with Gasteiger partial charge in [-0.2, -0.15) is 0 Å². The third kappa shape index (κ3) is 4.75. The van der Waals surface area contributed by atoms with Gasteiger partial charge in [-0.1, -0.05) is 44.0 Å². The number of amides is 2. The lowest BCUT2D eigenvalue weighted by Crippen LogP contribution is -2.50. The topological polar surface area (TPSA) is 78.4 Å². The fourth-order valence-corrected chi connectivity index (χ4v) is 2.15. The monoisotopic (exact) mass is 336 g/mol. The first-order chi connectivity index (χ1) is 9.52. The summed E-state index contributed by atoms with van der Waals surface area (Å²) in [4.78, 5) is 23.0. The summed E-state index contributed by atoms with van der Waals surface area (Å²) in [5.74, 6) is -1.82. The highest BCUT2D eigenvalue weighted by Crippen LogP contribution is 2.31. The van der Waals surface area contributed by atoms with Gasteiger partial charge in [-0.15, -0.1) is 0 Å². The summed E-state index contributed by atoms with van der Waals surface area (Å²) in [7, 11) is 0. The average Bonchev–Trinajstić information content (AvgIpc) is 2.28. The predicted molar refractivity (Wildman–Crippen MR) is 79.5 cm³/mol. The Morgan fingerprint density at radius 2 is 1.71 bits per heavy atom. The second-order valence-electron chi connectivity index (χ2n) is 5.48. The smallest absolute Gasteiger partial charge is 0.326 e. The number of carbonyl (C=O) groups is 2. The molecule has 3 N–H and O–H groups in total. The zero-order valence-electron chi connectivity index (χ0n) is 11.6. The largest absolute Gasteiger partial charge is 0.480 e. The second-order valence-corrected chi connectivity index (χ2v) is 6.29. The minimum atomic E-state index is -1.17. The zero-order chi connectivity index (χ0) is 16.4. The van der Waals surface area contributed by atoms with Crippen LogP contribution in [0.3, 0.4) is 0 Å². The Hall–Kier alpha value is -1.53. The third-order valence-electron chi connectivity index (χ3n) is 2.63. The number of anilines is 1. The molecule has 2 amide bonds. The summed E-state index contributed by atoms with van der Waals surface area (Å²) in [6.07, 6.45) is 0. The van der Waals surface area contributed by atoms with Crippen LogP contribution in [0.25, 0.3) is 0 Å². The highest BCUT2D eigenvalue weighted by atomic mass is 35.5. The minimum Gasteiger partial charge on any atom is -0.480 e. The second kappa shape index (κ2) is 6.49. The first-order valence-electron chi connectivity index (χ1n) is 5.97. The van der Waals surface area contributed by atoms with E-state index in [-0.39, 0.29) is 15.7 Å². The fraction of sp³-hybridized carbons (Fsp3) is 0.385. The molecular weight excluding hydrogens is 322 g/mol. The van der Waals surface area contributed by atoms with Crippen molar-refractivity contribution in [3.63, 3.8) is 0 Å². The maximum Gasteiger partial charge on any atom is 0.326 e. The summed E-state index contributed by atoms with van der Waals surface area (Å²) in [6.45, 7) is 5.01. The van der Waals surface area contributed by atoms with E-state index in [4.69, 9.17) is 28.3 Å². The van der Waals surface area contributed by atoms with Crippen molar-refractivity contribution in [2.45, 2.75) is 26.8 Å². The average molecular weight is 337 g/mol. The molecule has 0 spiro atoms. The van der Waals surface area contributed by atoms with Gasteiger partial charge in [-0.25, -0.2) is 14.0 Å². The number of rotatable bonds is 3. The molecule has 1 aromatic rings. The number of hydrogen-bond donors (Lipinski definition) is 3. The first kappa shape index (κ1) is 17.5. The van der Waals surface area contributed by atoms with Crippen LogP contribution in [0.5, 0.6) is 0 Å². The molecule has 21 heavy (non-hydrogen) atoms. The van der Waals surface area contributed by atoms with Gasteiger partial charge in [0.25, 0.3) is 0 Å². The lowest BCUT2D eigenvalue weighted by molar-refractivity contribution is -0.141. The van der Waals surface area contributed by atoms with Crippen LogP contribution in [-0.4, -0.2) is 23.1 Å². The van der Waals surface area contributed by atoms with Crippen molar-refractivity contribution >= 4 is 40.9 Å². The lowest BCUT2D eigenvalue weighted by atomic mass is 9.87. The van der Waals surface area contributed by atoms with E-state index in [0.717, 1.165) is 12.1 Å². The van der Waals surface area contributed by atoms with Crippen LogP contribution < -0.4 is 10.6 Å². The van der Waals surface area contributed by atoms with Crippen molar-refractivity contribution in [3.05, 3.63) is 28.0 Å². The van der Waals surface area contributed by atoms with Gasteiger partial charge in [-0.05, 0) is 17.5 Å². The van der Waals surface area contributed by atoms with Gasteiger partial charge in [0.05, 0.1) is 15.7 Å². The Balaban J connectivity index is 2.90. The fourth-order valence-electron chi connectivity index (χ4n) is 1.59. The van der Waals surface area contributed by atoms with Gasteiger partial charge >= 0.3 is 12.0 Å². The summed E-state index contributed by atoms with van der Waals surface area (Å²) < 4.78 is 13.0. The van der Waals surface area contributed by atoms with Gasteiger partial charge in [0, 0.05) is 0 Å². The van der Waals surface area contributed by atoms with E-state index >= 15 is 0 Å². The maximum absolute atomic E-state index is 13.0. The molecule has 5 nitrogen and oxygen atoms in total. The molecule has 8 heteroatoms. The molecule has 0 saturated heterocycles. The number of nitrogens with one attached hydrogen (secondary N) is 2. The molecule has 1 atom stereocenters. The molecule has 0 bridgehead atoms. The molecule has 0 aliphatic heterocycles. The van der Waals surface area contributed by atoms with Crippen molar-refractivity contribution in [2.75, 3.05) is 5.32 Å². The number of hydrogen-bond acceptors (Lipinski definition) is 2. The molecule has 1 aromatic carbocycles. The Morgan fingerprint density at radius 1 is 1.24 bits per heavy atom. The predicted octanol–water partition coefficient (Wildman–Crippen LogP) is 3.75. The van der Waals surface area contributed by atoms with Gasteiger partial charge in [-0.3, -0.25) is 0 Å². The summed E-state index contributed by atoms with van der Waals surface area (Å²) in [6, 6.07) is 0.0615. The van der Waals surface area contributed by atoms with E-state index in [9.17, 15) is 14.0 Å². The van der Waals surface area contributed by atoms with Gasteiger partial charge in [0.2, 0.25) is 0 Å². The number of benzene rings is 1. The van der Waals surface area contributed by atoms with E-state index in [1.807, 2.05) is 0 Å². The van der Waals surface area contributed by atoms with Crippen molar-refractivity contribution in [2.24, 2.45) is 5.41 Å². The Bertz CT molecular complexity index is 550. The van der Waals surface area contributed by atoms with Crippen molar-refractivity contribution in [3.8, 4) is 0 Å². The van der Waals surface area contributed by atoms with Gasteiger partial charge in [0.1, 0.15) is 11.9 Å². The maximum atomic E-state index is 13.0. The van der Waals surface area contributed by atoms with Crippen molar-refractivity contribution < 1.29 is 19.1 Å². The Kier molecular flexibility index (Phi) is 5.42. The zero-order valence-corrected chi connectivity index (χ0v) is 13.1. The minimum absolute atomic E-state index is 0.00952. The number of aliphatic carboxylic acids is 1. The van der Waals surface area contributed by atoms with E-state index in [0.29, 0.717) is 0 Å². The first-order valence-corrected chi connectivity index (χ1v) is 6.73. The van der Waals surface area contributed by atoms with Crippen LogP contribution in [0.1, 0.15) is 20.8 Å². The SMILES string of the molecule is CC(C)(C)[C@H](NC(=O)Nc1c(Cl)cc(F)cc1Cl)C(=O)O. The molecule has 0 fully saturated rings. The van der Waals surface area contributed by atoms with Gasteiger partial charge in [0.15, 0.2) is 0 Å². The van der Waals surface area contributed by atoms with Crippen molar-refractivity contribution in [1.82, 2.24) is 5.32 Å². The molecule has 116 valence electrons. The number of carboxylic acid groups (broad SMARTS) is 1. The highest BCUT2D eigenvalue weighted by molar-refractivity contribution is 6.39. The molecule has 0 unspecified atom stereocenters. The van der Waals surface area contributed by atoms with Crippen LogP contribution in [0.15, 0.2) is 12.1 Å². The molecule has 1 rings (SSSR count). The number of halogens is 3. The molecule has 0 heterocycles. The summed E-state index contributed by atoms with van der Waals surface area (Å²) >= 11 is 11.6. The lowest BCUT2D eigenvalue weighted by Gasteiger charge is -2.27. The normalized spacial score (nSPS) is 12.7. The molecule has 0 aromatic heterocycles. The standard InChI is InChI=1S/C13H15Cl2FN2O3/c1-13(2,3)10(11(19)20)18-12(21)17-9-7(14)4-6(16)5-8(9)15/h4-5,10H,1-3H3,(H,19,20)(H2,17,18,21)/t10-/m1/s1. The number of carbonyl (C=O) groups excluding carboxylic acids is 1. The van der Waals surface area contributed by atoms with Crippen molar-refractivity contribution in [1.29, 1.82) is 0 Å². The summed E-state index contributed by atoms with van der Waals surface area (Å²) in [5.41, 5.74) is -0.685. The van der Waals surface area contributed by atoms with Gasteiger partial charge < -0.3 is 15.7 Å². The Morgan fingerprint density at radius 3 is 2.10 bits per heavy atom. The summed E-state index contributed by atoms with van der Waals surface area (Å²) in [5, 5.41) is 13.6. The molecule has 0 saturated carbocycles. The molecular formula is C13H15Cl2FN2O3. The van der Waals surface area contributed by atoms with E-state index < -0.39 is 29.3 Å². The Labute approximate surface area is 131 Å². The van der Waals surface area contributed by atoms with Crippen LogP contribution in [0, 0.1) is 11.2 Å². The van der Waals surface area contributed by atoms with Crippen LogP contribution in [-0.2, 0) is 4.79 Å². The molecule has 0 aliphatic rings. The highest BCUT2D eigenvalue weighted by Gasteiger charge is 2.32. The third-order valence-corrected chi connectivity index (χ3v) is 3.23. The molecule has 0 radical (unpaired) electrons. The van der Waals surface area contributed by atoms with Crippen LogP contribution >= 0.6 is 23.2 Å². The van der Waals surface area contributed by atoms with Crippen LogP contribution in [0.4, 0.5) is 14.9 Å². The number of urea groups is 1. The van der Waals surface area contributed by atoms with Crippen LogP contribution in [0.2, 0.25) is 10.0 Å². The van der Waals surface area contributed by atoms with E-state index in [2.05, 4.69) is 10.6 Å². The number of carboxylic acids is 1.